The van der Waals surface area contributed by atoms with E-state index < -0.39 is 17.4 Å². The van der Waals surface area contributed by atoms with E-state index in [4.69, 9.17) is 10.6 Å². The standard InChI is InChI=1S/C16H24BrN3O4/c1-15(2,3)9-16(4,5)10-6-11(17)14(12(7-10)20(22)23)24-8-13(21)19-18/h6-7H,8-9,18H2,1-5H3,(H,19,21). The average molecular weight is 402 g/mol. The molecular weight excluding hydrogens is 378 g/mol. The fourth-order valence-electron chi connectivity index (χ4n) is 2.86. The Kier molecular flexibility index (Phi) is 6.35. The number of nitro groups is 1. The third-order valence-electron chi connectivity index (χ3n) is 3.48. The quantitative estimate of drug-likeness (QED) is 0.328. The summed E-state index contributed by atoms with van der Waals surface area (Å²) in [6.07, 6.45) is 0.847. The Morgan fingerprint density at radius 3 is 2.38 bits per heavy atom. The summed E-state index contributed by atoms with van der Waals surface area (Å²) >= 11 is 3.32. The number of hydrazine groups is 1. The topological polar surface area (TPSA) is 107 Å². The van der Waals surface area contributed by atoms with Crippen LogP contribution in [0.5, 0.6) is 5.75 Å². The second-order valence-corrected chi connectivity index (χ2v) is 8.40. The van der Waals surface area contributed by atoms with Crippen molar-refractivity contribution >= 4 is 27.5 Å². The molecule has 3 N–H and O–H groups in total. The molecule has 0 unspecified atom stereocenters. The number of carbonyl (C=O) groups excluding carboxylic acids is 1. The minimum Gasteiger partial charge on any atom is -0.476 e. The molecule has 1 aromatic rings. The van der Waals surface area contributed by atoms with E-state index in [0.29, 0.717) is 4.47 Å². The number of hydrogen-bond acceptors (Lipinski definition) is 5. The average Bonchev–Trinajstić information content (AvgIpc) is 2.41. The molecule has 134 valence electrons. The van der Waals surface area contributed by atoms with E-state index >= 15 is 0 Å². The van der Waals surface area contributed by atoms with Crippen LogP contribution in [-0.4, -0.2) is 17.4 Å². The number of benzene rings is 1. The van der Waals surface area contributed by atoms with Crippen LogP contribution >= 0.6 is 15.9 Å². The first kappa shape index (κ1) is 20.4. The molecule has 8 heteroatoms. The van der Waals surface area contributed by atoms with Gasteiger partial charge in [0.1, 0.15) is 0 Å². The van der Waals surface area contributed by atoms with Crippen LogP contribution in [0.4, 0.5) is 5.69 Å². The van der Waals surface area contributed by atoms with E-state index in [0.717, 1.165) is 12.0 Å². The molecule has 0 radical (unpaired) electrons. The number of nitro benzene ring substituents is 1. The molecule has 24 heavy (non-hydrogen) atoms. The molecule has 0 saturated carbocycles. The first-order chi connectivity index (χ1) is 10.9. The van der Waals surface area contributed by atoms with Gasteiger partial charge in [-0.15, -0.1) is 0 Å². The predicted molar refractivity (Wildman–Crippen MR) is 95.7 cm³/mol. The van der Waals surface area contributed by atoms with Crippen molar-refractivity contribution in [2.75, 3.05) is 6.61 Å². The normalized spacial score (nSPS) is 12.0. The molecule has 0 spiro atoms. The predicted octanol–water partition coefficient (Wildman–Crippen LogP) is 3.44. The van der Waals surface area contributed by atoms with Crippen LogP contribution in [-0.2, 0) is 10.2 Å². The van der Waals surface area contributed by atoms with Gasteiger partial charge in [0.25, 0.3) is 5.91 Å². The molecule has 0 aliphatic heterocycles. The van der Waals surface area contributed by atoms with Crippen molar-refractivity contribution in [2.24, 2.45) is 11.3 Å². The van der Waals surface area contributed by atoms with Crippen LogP contribution in [0, 0.1) is 15.5 Å². The van der Waals surface area contributed by atoms with Gasteiger partial charge in [0.2, 0.25) is 5.75 Å². The lowest BCUT2D eigenvalue weighted by molar-refractivity contribution is -0.386. The van der Waals surface area contributed by atoms with E-state index in [1.54, 1.807) is 6.07 Å². The second kappa shape index (κ2) is 7.48. The maximum atomic E-state index is 11.4. The highest BCUT2D eigenvalue weighted by atomic mass is 79.9. The molecular formula is C16H24BrN3O4. The third kappa shape index (κ3) is 5.45. The summed E-state index contributed by atoms with van der Waals surface area (Å²) in [5.41, 5.74) is 2.36. The van der Waals surface area contributed by atoms with Gasteiger partial charge in [-0.05, 0) is 44.8 Å². The Morgan fingerprint density at radius 1 is 1.33 bits per heavy atom. The van der Waals surface area contributed by atoms with Crippen LogP contribution in [0.1, 0.15) is 46.6 Å². The summed E-state index contributed by atoms with van der Waals surface area (Å²) in [5, 5.41) is 11.4. The van der Waals surface area contributed by atoms with Gasteiger partial charge in [-0.2, -0.15) is 0 Å². The van der Waals surface area contributed by atoms with E-state index in [9.17, 15) is 14.9 Å². The number of nitrogens with zero attached hydrogens (tertiary/aromatic N) is 1. The number of nitrogens with two attached hydrogens (primary N) is 1. The molecule has 0 heterocycles. The molecule has 1 amide bonds. The summed E-state index contributed by atoms with van der Waals surface area (Å²) in [6.45, 7) is 10.1. The van der Waals surface area contributed by atoms with Crippen molar-refractivity contribution in [2.45, 2.75) is 46.5 Å². The molecule has 0 saturated heterocycles. The van der Waals surface area contributed by atoms with Crippen LogP contribution in [0.2, 0.25) is 0 Å². The van der Waals surface area contributed by atoms with Crippen LogP contribution in [0.15, 0.2) is 16.6 Å². The molecule has 1 aromatic carbocycles. The monoisotopic (exact) mass is 401 g/mol. The highest BCUT2D eigenvalue weighted by molar-refractivity contribution is 9.10. The van der Waals surface area contributed by atoms with Crippen LogP contribution in [0.25, 0.3) is 0 Å². The molecule has 0 aliphatic rings. The molecule has 1 rings (SSSR count). The number of carbonyl (C=O) groups is 1. The highest BCUT2D eigenvalue weighted by Crippen LogP contribution is 2.43. The van der Waals surface area contributed by atoms with Gasteiger partial charge < -0.3 is 4.74 Å². The van der Waals surface area contributed by atoms with Gasteiger partial charge in [-0.25, -0.2) is 5.84 Å². The fraction of sp³-hybridized carbons (Fsp3) is 0.562. The SMILES string of the molecule is CC(C)(C)CC(C)(C)c1cc(Br)c(OCC(=O)NN)c([N+](=O)[O-])c1. The number of nitrogens with one attached hydrogen (secondary N) is 1. The second-order valence-electron chi connectivity index (χ2n) is 7.54. The number of ether oxygens (including phenoxy) is 1. The third-order valence-corrected chi connectivity index (χ3v) is 4.07. The van der Waals surface area contributed by atoms with Gasteiger partial charge >= 0.3 is 5.69 Å². The van der Waals surface area contributed by atoms with Gasteiger partial charge in [-0.3, -0.25) is 20.3 Å². The highest BCUT2D eigenvalue weighted by Gasteiger charge is 2.31. The summed E-state index contributed by atoms with van der Waals surface area (Å²) in [7, 11) is 0. The Bertz CT molecular complexity index is 639. The van der Waals surface area contributed by atoms with Crippen LogP contribution < -0.4 is 16.0 Å². The largest absolute Gasteiger partial charge is 0.476 e. The molecule has 0 aromatic heterocycles. The Morgan fingerprint density at radius 2 is 1.92 bits per heavy atom. The Hall–Kier alpha value is -1.67. The number of halogens is 1. The minimum absolute atomic E-state index is 0.0129. The lowest BCUT2D eigenvalue weighted by Gasteiger charge is -2.33. The van der Waals surface area contributed by atoms with Gasteiger partial charge in [-0.1, -0.05) is 34.6 Å². The number of rotatable bonds is 6. The number of amides is 1. The van der Waals surface area contributed by atoms with Crippen molar-refractivity contribution in [1.29, 1.82) is 0 Å². The molecule has 0 aliphatic carbocycles. The number of hydrogen-bond donors (Lipinski definition) is 2. The summed E-state index contributed by atoms with van der Waals surface area (Å²) in [4.78, 5) is 22.1. The zero-order valence-corrected chi connectivity index (χ0v) is 16.2. The zero-order valence-electron chi connectivity index (χ0n) is 14.6. The van der Waals surface area contributed by atoms with E-state index in [1.165, 1.54) is 6.07 Å². The van der Waals surface area contributed by atoms with E-state index in [-0.39, 0.29) is 22.3 Å². The van der Waals surface area contributed by atoms with E-state index in [2.05, 4.69) is 36.7 Å². The maximum absolute atomic E-state index is 11.4. The van der Waals surface area contributed by atoms with Crippen molar-refractivity contribution in [3.05, 3.63) is 32.3 Å². The molecule has 7 nitrogen and oxygen atoms in total. The van der Waals surface area contributed by atoms with E-state index in [1.807, 2.05) is 19.3 Å². The Balaban J connectivity index is 3.29. The lowest BCUT2D eigenvalue weighted by Crippen LogP contribution is -2.34. The summed E-state index contributed by atoms with van der Waals surface area (Å²) in [5.74, 6) is 4.42. The minimum atomic E-state index is -0.576. The lowest BCUT2D eigenvalue weighted by atomic mass is 9.72. The molecule has 0 fully saturated rings. The van der Waals surface area contributed by atoms with Gasteiger partial charge in [0, 0.05) is 6.07 Å². The van der Waals surface area contributed by atoms with Gasteiger partial charge in [0.15, 0.2) is 6.61 Å². The van der Waals surface area contributed by atoms with Crippen LogP contribution in [0.3, 0.4) is 0 Å². The first-order valence-corrected chi connectivity index (χ1v) is 8.27. The van der Waals surface area contributed by atoms with Gasteiger partial charge in [0.05, 0.1) is 9.40 Å². The molecule has 0 atom stereocenters. The zero-order chi connectivity index (χ0) is 18.7. The van der Waals surface area contributed by atoms with Crippen molar-refractivity contribution in [1.82, 2.24) is 5.43 Å². The summed E-state index contributed by atoms with van der Waals surface area (Å²) < 4.78 is 5.70. The Labute approximate surface area is 150 Å². The maximum Gasteiger partial charge on any atom is 0.312 e. The molecule has 0 bridgehead atoms. The fourth-order valence-corrected chi connectivity index (χ4v) is 3.42. The smallest absolute Gasteiger partial charge is 0.312 e. The van der Waals surface area contributed by atoms with Crippen molar-refractivity contribution in [3.63, 3.8) is 0 Å². The van der Waals surface area contributed by atoms with Crippen molar-refractivity contribution in [3.8, 4) is 5.75 Å². The van der Waals surface area contributed by atoms with Crippen molar-refractivity contribution < 1.29 is 14.5 Å². The summed E-state index contributed by atoms with van der Waals surface area (Å²) in [6, 6.07) is 3.31. The first-order valence-electron chi connectivity index (χ1n) is 7.48.